The van der Waals surface area contributed by atoms with Gasteiger partial charge < -0.3 is 29.3 Å². The molecule has 2 fully saturated rings. The first-order valence-electron chi connectivity index (χ1n) is 8.93. The normalized spacial score (nSPS) is 28.0. The lowest BCUT2D eigenvalue weighted by Crippen LogP contribution is -2.59. The van der Waals surface area contributed by atoms with E-state index in [-0.39, 0.29) is 19.1 Å². The van der Waals surface area contributed by atoms with Gasteiger partial charge in [0.1, 0.15) is 17.6 Å². The van der Waals surface area contributed by atoms with E-state index in [2.05, 4.69) is 0 Å². The summed E-state index contributed by atoms with van der Waals surface area (Å²) in [5.41, 5.74) is -1.62. The van der Waals surface area contributed by atoms with E-state index in [1.807, 2.05) is 12.1 Å². The summed E-state index contributed by atoms with van der Waals surface area (Å²) in [7, 11) is 1.58. The Morgan fingerprint density at radius 1 is 1.35 bits per heavy atom. The third-order valence-electron chi connectivity index (χ3n) is 5.38. The number of benzene rings is 1. The van der Waals surface area contributed by atoms with Crippen molar-refractivity contribution in [3.05, 3.63) is 24.3 Å². The topological polar surface area (TPSA) is 88.5 Å². The van der Waals surface area contributed by atoms with Crippen LogP contribution in [0.1, 0.15) is 26.2 Å². The molecule has 3 rings (SSSR count). The fourth-order valence-electron chi connectivity index (χ4n) is 3.67. The van der Waals surface area contributed by atoms with Crippen molar-refractivity contribution in [2.45, 2.75) is 43.5 Å². The average Bonchev–Trinajstić information content (AvgIpc) is 2.63. The van der Waals surface area contributed by atoms with E-state index in [1.54, 1.807) is 31.1 Å². The quantitative estimate of drug-likeness (QED) is 0.827. The zero-order valence-corrected chi connectivity index (χ0v) is 15.3. The van der Waals surface area contributed by atoms with Crippen LogP contribution in [0, 0.1) is 0 Å². The SMILES string of the molecule is COc1cccc(OCC(=O)N2CCC3(CC2)C[C@](C)(O)[C@@H](O)CO3)c1. The van der Waals surface area contributed by atoms with Crippen molar-refractivity contribution in [2.75, 3.05) is 33.4 Å². The van der Waals surface area contributed by atoms with Crippen LogP contribution in [-0.4, -0.2) is 71.7 Å². The van der Waals surface area contributed by atoms with Gasteiger partial charge in [-0.05, 0) is 31.9 Å². The summed E-state index contributed by atoms with van der Waals surface area (Å²) >= 11 is 0. The lowest BCUT2D eigenvalue weighted by Gasteiger charge is -2.49. The van der Waals surface area contributed by atoms with Gasteiger partial charge in [-0.1, -0.05) is 6.07 Å². The average molecular weight is 365 g/mol. The molecule has 7 nitrogen and oxygen atoms in total. The first-order valence-corrected chi connectivity index (χ1v) is 8.93. The Kier molecular flexibility index (Phi) is 5.41. The highest BCUT2D eigenvalue weighted by molar-refractivity contribution is 5.77. The summed E-state index contributed by atoms with van der Waals surface area (Å²) < 4.78 is 16.6. The van der Waals surface area contributed by atoms with Crippen LogP contribution in [-0.2, 0) is 9.53 Å². The number of ether oxygens (including phenoxy) is 3. The summed E-state index contributed by atoms with van der Waals surface area (Å²) in [5.74, 6) is 1.19. The van der Waals surface area contributed by atoms with Crippen molar-refractivity contribution in [1.82, 2.24) is 4.90 Å². The van der Waals surface area contributed by atoms with Gasteiger partial charge in [0, 0.05) is 25.6 Å². The molecule has 7 heteroatoms. The first-order chi connectivity index (χ1) is 12.3. The van der Waals surface area contributed by atoms with E-state index >= 15 is 0 Å². The predicted molar refractivity (Wildman–Crippen MR) is 94.2 cm³/mol. The third kappa shape index (κ3) is 4.11. The zero-order chi connectivity index (χ0) is 18.8. The maximum absolute atomic E-state index is 12.4. The first kappa shape index (κ1) is 18.9. The van der Waals surface area contributed by atoms with Gasteiger partial charge in [-0.3, -0.25) is 4.79 Å². The van der Waals surface area contributed by atoms with Crippen LogP contribution in [0.5, 0.6) is 11.5 Å². The molecule has 0 saturated carbocycles. The minimum absolute atomic E-state index is 0.0303. The van der Waals surface area contributed by atoms with E-state index in [4.69, 9.17) is 14.2 Å². The number of likely N-dealkylation sites (tertiary alicyclic amines) is 1. The van der Waals surface area contributed by atoms with Crippen molar-refractivity contribution in [3.8, 4) is 11.5 Å². The van der Waals surface area contributed by atoms with Gasteiger partial charge in [0.15, 0.2) is 6.61 Å². The number of hydrogen-bond acceptors (Lipinski definition) is 6. The molecule has 1 aromatic rings. The molecule has 0 bridgehead atoms. The summed E-state index contributed by atoms with van der Waals surface area (Å²) in [6, 6.07) is 7.14. The van der Waals surface area contributed by atoms with Crippen LogP contribution in [0.2, 0.25) is 0 Å². The number of carbonyl (C=O) groups excluding carboxylic acids is 1. The molecule has 0 aliphatic carbocycles. The molecule has 1 spiro atoms. The molecule has 0 unspecified atom stereocenters. The Balaban J connectivity index is 1.50. The van der Waals surface area contributed by atoms with Crippen molar-refractivity contribution < 1.29 is 29.2 Å². The highest BCUT2D eigenvalue weighted by atomic mass is 16.5. The lowest BCUT2D eigenvalue weighted by atomic mass is 9.76. The van der Waals surface area contributed by atoms with Gasteiger partial charge in [0.2, 0.25) is 0 Å². The fraction of sp³-hybridized carbons (Fsp3) is 0.632. The highest BCUT2D eigenvalue weighted by Crippen LogP contribution is 2.39. The number of amides is 1. The lowest BCUT2D eigenvalue weighted by molar-refractivity contribution is -0.222. The maximum atomic E-state index is 12.4. The summed E-state index contributed by atoms with van der Waals surface area (Å²) in [6.45, 7) is 2.83. The monoisotopic (exact) mass is 365 g/mol. The molecular weight excluding hydrogens is 338 g/mol. The van der Waals surface area contributed by atoms with E-state index in [0.717, 1.165) is 0 Å². The Morgan fingerprint density at radius 2 is 2.04 bits per heavy atom. The summed E-state index contributed by atoms with van der Waals surface area (Å²) in [6.07, 6.45) is 0.787. The molecule has 2 N–H and O–H groups in total. The largest absolute Gasteiger partial charge is 0.497 e. The van der Waals surface area contributed by atoms with Gasteiger partial charge in [-0.2, -0.15) is 0 Å². The Morgan fingerprint density at radius 3 is 2.69 bits per heavy atom. The molecule has 2 aliphatic rings. The number of nitrogens with zero attached hydrogens (tertiary/aromatic N) is 1. The van der Waals surface area contributed by atoms with Crippen LogP contribution in [0.15, 0.2) is 24.3 Å². The Bertz CT molecular complexity index is 639. The van der Waals surface area contributed by atoms with E-state index in [1.165, 1.54) is 0 Å². The van der Waals surface area contributed by atoms with Crippen LogP contribution in [0.25, 0.3) is 0 Å². The van der Waals surface area contributed by atoms with Crippen LogP contribution in [0.4, 0.5) is 0 Å². The number of methoxy groups -OCH3 is 1. The van der Waals surface area contributed by atoms with Crippen molar-refractivity contribution in [3.63, 3.8) is 0 Å². The van der Waals surface area contributed by atoms with Crippen LogP contribution >= 0.6 is 0 Å². The van der Waals surface area contributed by atoms with Gasteiger partial charge in [-0.15, -0.1) is 0 Å². The molecule has 26 heavy (non-hydrogen) atoms. The number of aliphatic hydroxyl groups excluding tert-OH is 1. The van der Waals surface area contributed by atoms with Gasteiger partial charge in [-0.25, -0.2) is 0 Å². The zero-order valence-electron chi connectivity index (χ0n) is 15.3. The molecule has 0 radical (unpaired) electrons. The minimum atomic E-state index is -1.15. The highest BCUT2D eigenvalue weighted by Gasteiger charge is 2.48. The summed E-state index contributed by atoms with van der Waals surface area (Å²) in [5, 5.41) is 20.2. The number of hydrogen-bond donors (Lipinski definition) is 2. The summed E-state index contributed by atoms with van der Waals surface area (Å²) in [4.78, 5) is 14.2. The van der Waals surface area contributed by atoms with Gasteiger partial charge in [0.05, 0.1) is 24.9 Å². The fourth-order valence-corrected chi connectivity index (χ4v) is 3.67. The second kappa shape index (κ2) is 7.42. The molecular formula is C19H27NO6. The molecule has 2 atom stereocenters. The predicted octanol–water partition coefficient (Wildman–Crippen LogP) is 0.967. The van der Waals surface area contributed by atoms with E-state index < -0.39 is 17.3 Å². The molecule has 1 amide bonds. The number of rotatable bonds is 4. The molecule has 1 aromatic carbocycles. The van der Waals surface area contributed by atoms with Crippen LogP contribution < -0.4 is 9.47 Å². The van der Waals surface area contributed by atoms with Gasteiger partial charge >= 0.3 is 0 Å². The molecule has 144 valence electrons. The van der Waals surface area contributed by atoms with Crippen molar-refractivity contribution in [2.24, 2.45) is 0 Å². The molecule has 2 saturated heterocycles. The third-order valence-corrected chi connectivity index (χ3v) is 5.38. The van der Waals surface area contributed by atoms with Crippen molar-refractivity contribution >= 4 is 5.91 Å². The second-order valence-electron chi connectivity index (χ2n) is 7.39. The maximum Gasteiger partial charge on any atom is 0.260 e. The van der Waals surface area contributed by atoms with Crippen LogP contribution in [0.3, 0.4) is 0 Å². The van der Waals surface area contributed by atoms with E-state index in [9.17, 15) is 15.0 Å². The second-order valence-corrected chi connectivity index (χ2v) is 7.39. The van der Waals surface area contributed by atoms with Gasteiger partial charge in [0.25, 0.3) is 5.91 Å². The molecule has 0 aromatic heterocycles. The number of aliphatic hydroxyl groups is 2. The number of carbonyl (C=O) groups is 1. The molecule has 2 aliphatic heterocycles. The van der Waals surface area contributed by atoms with Crippen molar-refractivity contribution in [1.29, 1.82) is 0 Å². The standard InChI is InChI=1S/C19H27NO6/c1-18(23)13-19(26-11-16(18)21)6-8-20(9-7-19)17(22)12-25-15-5-3-4-14(10-15)24-2/h3-5,10,16,21,23H,6-9,11-13H2,1-2H3/t16-,18-/m0/s1. The number of piperidine rings is 1. The van der Waals surface area contributed by atoms with E-state index in [0.29, 0.717) is 43.9 Å². The Labute approximate surface area is 153 Å². The molecule has 2 heterocycles. The minimum Gasteiger partial charge on any atom is -0.497 e. The Hall–Kier alpha value is -1.83. The smallest absolute Gasteiger partial charge is 0.260 e.